The van der Waals surface area contributed by atoms with Gasteiger partial charge < -0.3 is 20.4 Å². The number of rotatable bonds is 7. The molecule has 0 saturated carbocycles. The van der Waals surface area contributed by atoms with Crippen LogP contribution in [0.15, 0.2) is 35.6 Å². The molecule has 124 valence electrons. The van der Waals surface area contributed by atoms with Crippen LogP contribution in [0.1, 0.15) is 18.5 Å². The van der Waals surface area contributed by atoms with Crippen molar-refractivity contribution in [2.45, 2.75) is 13.0 Å². The molecule has 1 amide bonds. The summed E-state index contributed by atoms with van der Waals surface area (Å²) < 4.78 is 13.5. The molecule has 0 aliphatic carbocycles. The standard InChI is InChI=1S/C16H19FN2O4/c1-10(21)13-14(11-3-2-4-12(17)9-11)19(16(23)15(13)22)7-5-18-6-8-20/h2-4,9,14,18,20,22H,5-8H2,1H3/p+1/t14-/m1/s1. The molecule has 23 heavy (non-hydrogen) atoms. The molecule has 0 aromatic heterocycles. The Bertz CT molecular complexity index is 645. The van der Waals surface area contributed by atoms with Gasteiger partial charge in [-0.2, -0.15) is 0 Å². The monoisotopic (exact) mass is 323 g/mol. The van der Waals surface area contributed by atoms with E-state index in [4.69, 9.17) is 5.11 Å². The van der Waals surface area contributed by atoms with Gasteiger partial charge in [0.15, 0.2) is 11.5 Å². The summed E-state index contributed by atoms with van der Waals surface area (Å²) in [7, 11) is 0. The molecule has 1 aliphatic heterocycles. The maximum Gasteiger partial charge on any atom is 0.290 e. The van der Waals surface area contributed by atoms with Crippen molar-refractivity contribution in [3.8, 4) is 0 Å². The molecule has 1 aromatic carbocycles. The fourth-order valence-corrected chi connectivity index (χ4v) is 2.73. The molecule has 6 nitrogen and oxygen atoms in total. The van der Waals surface area contributed by atoms with Crippen molar-refractivity contribution in [3.05, 3.63) is 47.0 Å². The molecule has 0 saturated heterocycles. The number of aliphatic hydroxyl groups is 2. The molecular formula is C16H20FN2O4+. The zero-order valence-electron chi connectivity index (χ0n) is 12.8. The number of quaternary nitrogens is 1. The van der Waals surface area contributed by atoms with E-state index >= 15 is 0 Å². The normalized spacial score (nSPS) is 18.0. The third-order valence-electron chi connectivity index (χ3n) is 3.75. The highest BCUT2D eigenvalue weighted by molar-refractivity contribution is 6.08. The van der Waals surface area contributed by atoms with E-state index in [1.807, 2.05) is 5.32 Å². The average molecular weight is 323 g/mol. The van der Waals surface area contributed by atoms with E-state index < -0.39 is 29.3 Å². The Balaban J connectivity index is 2.33. The van der Waals surface area contributed by atoms with Crippen molar-refractivity contribution < 1.29 is 29.5 Å². The molecule has 1 aromatic rings. The molecule has 4 N–H and O–H groups in total. The summed E-state index contributed by atoms with van der Waals surface area (Å²) in [5.74, 6) is -2.11. The summed E-state index contributed by atoms with van der Waals surface area (Å²) in [6, 6.07) is 4.85. The van der Waals surface area contributed by atoms with Crippen LogP contribution in [0, 0.1) is 5.82 Å². The lowest BCUT2D eigenvalue weighted by molar-refractivity contribution is -0.655. The molecule has 0 unspecified atom stereocenters. The summed E-state index contributed by atoms with van der Waals surface area (Å²) in [6.45, 7) is 2.54. The lowest BCUT2D eigenvalue weighted by Crippen LogP contribution is -2.86. The first-order valence-corrected chi connectivity index (χ1v) is 7.40. The van der Waals surface area contributed by atoms with Gasteiger partial charge >= 0.3 is 0 Å². The number of amides is 1. The summed E-state index contributed by atoms with van der Waals surface area (Å²) in [5, 5.41) is 20.6. The summed E-state index contributed by atoms with van der Waals surface area (Å²) in [5.41, 5.74) is 0.428. The predicted octanol–water partition coefficient (Wildman–Crippen LogP) is -0.334. The number of benzene rings is 1. The molecule has 0 fully saturated rings. The van der Waals surface area contributed by atoms with Gasteiger partial charge in [-0.25, -0.2) is 4.39 Å². The smallest absolute Gasteiger partial charge is 0.290 e. The van der Waals surface area contributed by atoms with E-state index in [2.05, 4.69) is 0 Å². The number of hydrogen-bond acceptors (Lipinski definition) is 4. The third-order valence-corrected chi connectivity index (χ3v) is 3.75. The van der Waals surface area contributed by atoms with Gasteiger partial charge in [0.05, 0.1) is 37.9 Å². The fourth-order valence-electron chi connectivity index (χ4n) is 2.73. The Morgan fingerprint density at radius 2 is 2.13 bits per heavy atom. The van der Waals surface area contributed by atoms with Gasteiger partial charge in [0.2, 0.25) is 0 Å². The zero-order valence-corrected chi connectivity index (χ0v) is 12.8. The van der Waals surface area contributed by atoms with Crippen molar-refractivity contribution in [2.24, 2.45) is 0 Å². The second kappa shape index (κ2) is 7.34. The molecule has 7 heteroatoms. The van der Waals surface area contributed by atoms with Crippen molar-refractivity contribution in [3.63, 3.8) is 0 Å². The van der Waals surface area contributed by atoms with E-state index in [9.17, 15) is 19.1 Å². The Hall–Kier alpha value is -2.25. The molecule has 0 spiro atoms. The van der Waals surface area contributed by atoms with Crippen molar-refractivity contribution >= 4 is 11.7 Å². The van der Waals surface area contributed by atoms with E-state index in [1.54, 1.807) is 6.07 Å². The zero-order chi connectivity index (χ0) is 17.0. The molecular weight excluding hydrogens is 303 g/mol. The molecule has 0 bridgehead atoms. The highest BCUT2D eigenvalue weighted by Crippen LogP contribution is 2.37. The van der Waals surface area contributed by atoms with Gasteiger partial charge in [-0.15, -0.1) is 0 Å². The number of nitrogens with two attached hydrogens (primary N) is 1. The van der Waals surface area contributed by atoms with E-state index in [0.29, 0.717) is 18.7 Å². The number of aliphatic hydroxyl groups excluding tert-OH is 2. The van der Waals surface area contributed by atoms with Crippen LogP contribution < -0.4 is 5.32 Å². The summed E-state index contributed by atoms with van der Waals surface area (Å²) in [4.78, 5) is 25.5. The van der Waals surface area contributed by atoms with Gasteiger partial charge in [0.25, 0.3) is 5.91 Å². The Kier molecular flexibility index (Phi) is 5.46. The van der Waals surface area contributed by atoms with Gasteiger partial charge in [-0.3, -0.25) is 9.59 Å². The van der Waals surface area contributed by atoms with Crippen LogP contribution >= 0.6 is 0 Å². The first kappa shape index (κ1) is 17.1. The van der Waals surface area contributed by atoms with Gasteiger partial charge in [-0.05, 0) is 24.6 Å². The number of nitrogens with zero attached hydrogens (tertiary/aromatic N) is 1. The van der Waals surface area contributed by atoms with Crippen LogP contribution in [-0.4, -0.2) is 53.0 Å². The fraction of sp³-hybridized carbons (Fsp3) is 0.375. The lowest BCUT2D eigenvalue weighted by Gasteiger charge is -2.26. The average Bonchev–Trinajstić information content (AvgIpc) is 2.76. The minimum absolute atomic E-state index is 0.0113. The van der Waals surface area contributed by atoms with Crippen molar-refractivity contribution in [1.29, 1.82) is 0 Å². The Morgan fingerprint density at radius 1 is 1.39 bits per heavy atom. The van der Waals surface area contributed by atoms with Gasteiger partial charge in [-0.1, -0.05) is 12.1 Å². The first-order chi connectivity index (χ1) is 11.0. The van der Waals surface area contributed by atoms with Crippen LogP contribution in [0.4, 0.5) is 4.39 Å². The van der Waals surface area contributed by atoms with Crippen LogP contribution in [0.5, 0.6) is 0 Å². The quantitative estimate of drug-likeness (QED) is 0.599. The van der Waals surface area contributed by atoms with Crippen molar-refractivity contribution in [2.75, 3.05) is 26.2 Å². The SMILES string of the molecule is CC(=O)C1=C(O)C(=O)N(CC[NH2+]CCO)[C@@H]1c1cccc(F)c1. The van der Waals surface area contributed by atoms with E-state index in [0.717, 1.165) is 0 Å². The topological polar surface area (TPSA) is 94.5 Å². The molecule has 1 aliphatic rings. The molecule has 2 rings (SSSR count). The van der Waals surface area contributed by atoms with Gasteiger partial charge in [0, 0.05) is 0 Å². The minimum Gasteiger partial charge on any atom is -0.503 e. The van der Waals surface area contributed by atoms with Gasteiger partial charge in [0.1, 0.15) is 5.82 Å². The minimum atomic E-state index is -0.793. The lowest BCUT2D eigenvalue weighted by atomic mass is 9.96. The maximum absolute atomic E-state index is 13.5. The highest BCUT2D eigenvalue weighted by atomic mass is 19.1. The van der Waals surface area contributed by atoms with E-state index in [1.165, 1.54) is 30.0 Å². The number of carbonyl (C=O) groups excluding carboxylic acids is 2. The first-order valence-electron chi connectivity index (χ1n) is 7.40. The second-order valence-corrected chi connectivity index (χ2v) is 5.36. The van der Waals surface area contributed by atoms with Crippen LogP contribution in [0.3, 0.4) is 0 Å². The predicted molar refractivity (Wildman–Crippen MR) is 79.9 cm³/mol. The number of Topliss-reactive ketones (excluding diaryl/α,β-unsaturated/α-hetero) is 1. The second-order valence-electron chi connectivity index (χ2n) is 5.36. The van der Waals surface area contributed by atoms with Crippen LogP contribution in [-0.2, 0) is 9.59 Å². The highest BCUT2D eigenvalue weighted by Gasteiger charge is 2.42. The summed E-state index contributed by atoms with van der Waals surface area (Å²) in [6.07, 6.45) is 0. The Morgan fingerprint density at radius 3 is 2.74 bits per heavy atom. The maximum atomic E-state index is 13.5. The number of hydrogen-bond donors (Lipinski definition) is 3. The largest absolute Gasteiger partial charge is 0.503 e. The summed E-state index contributed by atoms with van der Waals surface area (Å²) >= 11 is 0. The van der Waals surface area contributed by atoms with E-state index in [-0.39, 0.29) is 18.7 Å². The number of ketones is 1. The van der Waals surface area contributed by atoms with Crippen LogP contribution in [0.2, 0.25) is 0 Å². The number of halogens is 1. The van der Waals surface area contributed by atoms with Crippen molar-refractivity contribution in [1.82, 2.24) is 4.90 Å². The molecule has 0 radical (unpaired) electrons. The Labute approximate surface area is 133 Å². The number of carbonyl (C=O) groups is 2. The van der Waals surface area contributed by atoms with Crippen LogP contribution in [0.25, 0.3) is 0 Å². The molecule has 1 heterocycles. The third kappa shape index (κ3) is 3.57. The molecule has 1 atom stereocenters.